The number of aromatic nitrogens is 3. The standard InChI is InChI=1S/C25H31N3O15P2/c1-25(2,3)23(32)40-19-9-11-37-45(36,42-19)43-44(34,35)38-13-17-20(30)21(31)22(39-17)27-10-8-18(29)28(24(27)33)12-15-14-6-4-5-7-16(14)41-26-15/h4-8,10,17,19-22,30-31H,9,11-13H2,1-3H3,(H,34,35)/t17-,19?,20+,21?,22-,45?/m1/s1. The fourth-order valence-electron chi connectivity index (χ4n) is 4.39. The highest BCUT2D eigenvalue weighted by Crippen LogP contribution is 2.65. The zero-order valence-electron chi connectivity index (χ0n) is 24.2. The molecule has 2 aliphatic heterocycles. The number of nitrogens with zero attached hydrogens (tertiary/aromatic N) is 3. The van der Waals surface area contributed by atoms with Gasteiger partial charge in [-0.2, -0.15) is 4.31 Å². The van der Waals surface area contributed by atoms with Crippen molar-refractivity contribution in [3.8, 4) is 0 Å². The molecule has 1 aromatic carbocycles. The number of rotatable bonds is 9. The van der Waals surface area contributed by atoms with Crippen LogP contribution in [0.4, 0.5) is 0 Å². The van der Waals surface area contributed by atoms with Gasteiger partial charge in [0.05, 0.1) is 25.2 Å². The lowest BCUT2D eigenvalue weighted by atomic mass is 9.97. The van der Waals surface area contributed by atoms with Gasteiger partial charge < -0.3 is 29.1 Å². The number of phosphoric acid groups is 2. The predicted molar refractivity (Wildman–Crippen MR) is 149 cm³/mol. The van der Waals surface area contributed by atoms with Crippen LogP contribution in [0.5, 0.6) is 0 Å². The highest BCUT2D eigenvalue weighted by molar-refractivity contribution is 7.61. The van der Waals surface area contributed by atoms with Gasteiger partial charge in [0.15, 0.2) is 11.8 Å². The van der Waals surface area contributed by atoms with Crippen molar-refractivity contribution in [2.45, 2.75) is 64.6 Å². The first-order chi connectivity index (χ1) is 21.1. The van der Waals surface area contributed by atoms with E-state index in [-0.39, 0.29) is 19.6 Å². The minimum Gasteiger partial charge on any atom is -0.435 e. The highest BCUT2D eigenvalue weighted by Gasteiger charge is 2.48. The van der Waals surface area contributed by atoms with Crippen LogP contribution in [-0.2, 0) is 47.8 Å². The number of para-hydroxylation sites is 1. The molecule has 0 saturated carbocycles. The summed E-state index contributed by atoms with van der Waals surface area (Å²) in [6.07, 6.45) is -6.93. The maximum absolute atomic E-state index is 13.3. The number of carbonyl (C=O) groups excluding carboxylic acids is 1. The van der Waals surface area contributed by atoms with E-state index in [0.29, 0.717) is 16.7 Å². The van der Waals surface area contributed by atoms with E-state index >= 15 is 0 Å². The average Bonchev–Trinajstić information content (AvgIpc) is 3.49. The maximum atomic E-state index is 13.3. The number of esters is 1. The first-order valence-electron chi connectivity index (χ1n) is 13.6. The minimum atomic E-state index is -5.24. The first kappa shape index (κ1) is 33.3. The molecular formula is C25H31N3O15P2. The lowest BCUT2D eigenvalue weighted by molar-refractivity contribution is -0.181. The minimum absolute atomic E-state index is 0.0327. The number of fused-ring (bicyclic) bond motifs is 1. The van der Waals surface area contributed by atoms with Gasteiger partial charge >= 0.3 is 27.3 Å². The van der Waals surface area contributed by atoms with Gasteiger partial charge in [-0.05, 0) is 32.9 Å². The quantitative estimate of drug-likeness (QED) is 0.215. The Morgan fingerprint density at radius 3 is 2.64 bits per heavy atom. The molecule has 0 aliphatic carbocycles. The van der Waals surface area contributed by atoms with E-state index in [9.17, 15) is 38.6 Å². The van der Waals surface area contributed by atoms with Crippen LogP contribution in [0.2, 0.25) is 0 Å². The molecule has 45 heavy (non-hydrogen) atoms. The molecule has 7 atom stereocenters. The lowest BCUT2D eigenvalue weighted by Gasteiger charge is -2.30. The Morgan fingerprint density at radius 2 is 1.91 bits per heavy atom. The summed E-state index contributed by atoms with van der Waals surface area (Å²) in [7, 11) is -10.0. The van der Waals surface area contributed by atoms with Crippen molar-refractivity contribution in [1.82, 2.24) is 14.3 Å². The molecule has 2 fully saturated rings. The van der Waals surface area contributed by atoms with Crippen LogP contribution in [0.25, 0.3) is 11.0 Å². The summed E-state index contributed by atoms with van der Waals surface area (Å²) >= 11 is 0. The Hall–Kier alpha value is -3.02. The Labute approximate surface area is 254 Å². The molecule has 2 saturated heterocycles. The van der Waals surface area contributed by atoms with Crippen LogP contribution < -0.4 is 11.2 Å². The normalized spacial score (nSPS) is 28.6. The third-order valence-electron chi connectivity index (χ3n) is 6.77. The van der Waals surface area contributed by atoms with Crippen LogP contribution in [0, 0.1) is 5.41 Å². The molecule has 2 aliphatic rings. The molecule has 0 radical (unpaired) electrons. The number of aliphatic hydroxyl groups excluding tert-OH is 2. The summed E-state index contributed by atoms with van der Waals surface area (Å²) in [5.41, 5.74) is -1.79. The molecule has 20 heteroatoms. The summed E-state index contributed by atoms with van der Waals surface area (Å²) in [4.78, 5) is 48.2. The maximum Gasteiger partial charge on any atom is 0.486 e. The van der Waals surface area contributed by atoms with Crippen molar-refractivity contribution in [3.63, 3.8) is 0 Å². The SMILES string of the molecule is CC(C)(C)C(=O)OC1CCOP(=O)(OP(=O)(O)OC[C@H]2O[C@@H](n3ccc(=O)n(Cc4noc5ccccc45)c3=O)C(O)[C@H]2O)O1. The van der Waals surface area contributed by atoms with E-state index in [2.05, 4.69) is 9.47 Å². The molecule has 4 unspecified atom stereocenters. The second-order valence-corrected chi connectivity index (χ2v) is 14.4. The first-order valence-corrected chi connectivity index (χ1v) is 16.5. The molecule has 4 heterocycles. The van der Waals surface area contributed by atoms with Crippen LogP contribution in [0.3, 0.4) is 0 Å². The average molecular weight is 675 g/mol. The highest BCUT2D eigenvalue weighted by atomic mass is 31.3. The molecular weight excluding hydrogens is 644 g/mol. The van der Waals surface area contributed by atoms with Crippen molar-refractivity contribution in [1.29, 1.82) is 0 Å². The molecule has 0 amide bonds. The fraction of sp³-hybridized carbons (Fsp3) is 0.520. The molecule has 5 rings (SSSR count). The van der Waals surface area contributed by atoms with Gasteiger partial charge in [0.25, 0.3) is 5.56 Å². The summed E-state index contributed by atoms with van der Waals surface area (Å²) in [6, 6.07) is 7.86. The van der Waals surface area contributed by atoms with Gasteiger partial charge in [0, 0.05) is 24.1 Å². The van der Waals surface area contributed by atoms with Crippen molar-refractivity contribution in [3.05, 3.63) is 63.1 Å². The van der Waals surface area contributed by atoms with E-state index in [1.54, 1.807) is 45.0 Å². The van der Waals surface area contributed by atoms with Crippen molar-refractivity contribution < 1.29 is 60.9 Å². The molecule has 0 spiro atoms. The molecule has 3 aromatic rings. The van der Waals surface area contributed by atoms with Gasteiger partial charge in [-0.25, -0.2) is 18.4 Å². The summed E-state index contributed by atoms with van der Waals surface area (Å²) < 4.78 is 62.4. The predicted octanol–water partition coefficient (Wildman–Crippen LogP) is 1.41. The van der Waals surface area contributed by atoms with E-state index in [1.165, 1.54) is 0 Å². The van der Waals surface area contributed by atoms with E-state index in [4.69, 9.17) is 27.6 Å². The monoisotopic (exact) mass is 675 g/mol. The molecule has 3 N–H and O–H groups in total. The van der Waals surface area contributed by atoms with Crippen LogP contribution in [0.1, 0.15) is 39.1 Å². The number of hydrogen-bond donors (Lipinski definition) is 3. The van der Waals surface area contributed by atoms with E-state index in [0.717, 1.165) is 21.4 Å². The fourth-order valence-corrected chi connectivity index (χ4v) is 7.10. The Morgan fingerprint density at radius 1 is 1.18 bits per heavy atom. The zero-order chi connectivity index (χ0) is 32.7. The summed E-state index contributed by atoms with van der Waals surface area (Å²) in [6.45, 7) is 3.25. The van der Waals surface area contributed by atoms with Gasteiger partial charge in [-0.3, -0.25) is 27.8 Å². The summed E-state index contributed by atoms with van der Waals surface area (Å²) in [5, 5.41) is 25.7. The number of aliphatic hydroxyl groups is 2. The lowest BCUT2D eigenvalue weighted by Crippen LogP contribution is -2.43. The van der Waals surface area contributed by atoms with Crippen LogP contribution >= 0.6 is 15.6 Å². The topological polar surface area (TPSA) is 237 Å². The second-order valence-electron chi connectivity index (χ2n) is 11.2. The number of hydrogen-bond acceptors (Lipinski definition) is 15. The van der Waals surface area contributed by atoms with E-state index in [1.807, 2.05) is 0 Å². The smallest absolute Gasteiger partial charge is 0.435 e. The van der Waals surface area contributed by atoms with Gasteiger partial charge in [-0.1, -0.05) is 17.3 Å². The Kier molecular flexibility index (Phi) is 9.37. The zero-order valence-corrected chi connectivity index (χ0v) is 25.9. The molecule has 0 bridgehead atoms. The van der Waals surface area contributed by atoms with Crippen molar-refractivity contribution in [2.24, 2.45) is 5.41 Å². The van der Waals surface area contributed by atoms with Crippen LogP contribution in [-0.4, -0.2) is 73.2 Å². The largest absolute Gasteiger partial charge is 0.486 e. The van der Waals surface area contributed by atoms with Crippen molar-refractivity contribution in [2.75, 3.05) is 13.2 Å². The third kappa shape index (κ3) is 7.36. The van der Waals surface area contributed by atoms with Gasteiger partial charge in [0.1, 0.15) is 24.0 Å². The number of carbonyl (C=O) groups is 1. The second kappa shape index (κ2) is 12.6. The van der Waals surface area contributed by atoms with Gasteiger partial charge in [-0.15, -0.1) is 0 Å². The van der Waals surface area contributed by atoms with Gasteiger partial charge in [0.2, 0.25) is 6.29 Å². The van der Waals surface area contributed by atoms with Crippen molar-refractivity contribution >= 4 is 32.6 Å². The Bertz CT molecular complexity index is 1780. The molecule has 2 aromatic heterocycles. The number of benzene rings is 1. The third-order valence-corrected chi connectivity index (χ3v) is 9.87. The van der Waals surface area contributed by atoms with Crippen LogP contribution in [0.15, 0.2) is 50.6 Å². The molecule has 18 nitrogen and oxygen atoms in total. The molecule has 246 valence electrons. The van der Waals surface area contributed by atoms with E-state index < -0.39 is 75.7 Å². The summed E-state index contributed by atoms with van der Waals surface area (Å²) in [5.74, 6) is -0.689. The number of phosphoric ester groups is 2. The Balaban J connectivity index is 1.25. The number of ether oxygens (including phenoxy) is 2.